The van der Waals surface area contributed by atoms with Gasteiger partial charge in [-0.2, -0.15) is 0 Å². The fraction of sp³-hybridized carbons (Fsp3) is 0.263. The summed E-state index contributed by atoms with van der Waals surface area (Å²) in [6, 6.07) is 15.0. The first-order valence-corrected chi connectivity index (χ1v) is 8.84. The van der Waals surface area contributed by atoms with Crippen LogP contribution in [0.2, 0.25) is 0 Å². The molecule has 5 heteroatoms. The first-order chi connectivity index (χ1) is 11.5. The van der Waals surface area contributed by atoms with Gasteiger partial charge in [0, 0.05) is 17.0 Å². The smallest absolute Gasteiger partial charge is 0.247 e. The van der Waals surface area contributed by atoms with Crippen LogP contribution < -0.4 is 10.6 Å². The van der Waals surface area contributed by atoms with Crippen LogP contribution in [0.25, 0.3) is 0 Å². The number of hydrogen-bond donors (Lipinski definition) is 1. The molecular formula is C19H20N2O2S. The number of para-hydroxylation sites is 2. The Bertz CT molecular complexity index is 788. The second-order valence-electron chi connectivity index (χ2n) is 6.13. The molecule has 0 aliphatic carbocycles. The summed E-state index contributed by atoms with van der Waals surface area (Å²) in [4.78, 5) is 27.5. The fourth-order valence-corrected chi connectivity index (χ4v) is 3.97. The van der Waals surface area contributed by atoms with Crippen molar-refractivity contribution in [3.05, 3.63) is 54.1 Å². The van der Waals surface area contributed by atoms with Crippen molar-refractivity contribution < 1.29 is 9.59 Å². The van der Waals surface area contributed by atoms with Gasteiger partial charge < -0.3 is 5.73 Å². The van der Waals surface area contributed by atoms with Gasteiger partial charge in [-0.25, -0.2) is 4.90 Å². The Balaban J connectivity index is 1.89. The third-order valence-corrected chi connectivity index (χ3v) is 5.37. The molecule has 0 radical (unpaired) electrons. The predicted octanol–water partition coefficient (Wildman–Crippen LogP) is 3.82. The van der Waals surface area contributed by atoms with Crippen LogP contribution in [0.4, 0.5) is 11.4 Å². The molecule has 1 aliphatic rings. The number of amides is 2. The van der Waals surface area contributed by atoms with Gasteiger partial charge in [0.1, 0.15) is 0 Å². The van der Waals surface area contributed by atoms with E-state index in [2.05, 4.69) is 13.8 Å². The molecule has 2 amide bonds. The van der Waals surface area contributed by atoms with Gasteiger partial charge >= 0.3 is 0 Å². The van der Waals surface area contributed by atoms with E-state index in [1.54, 1.807) is 6.07 Å². The summed E-state index contributed by atoms with van der Waals surface area (Å²) in [7, 11) is 0. The SMILES string of the molecule is CC(C)c1ccccc1N1C(=O)C[C@@H](Sc2ccccc2N)C1=O. The van der Waals surface area contributed by atoms with E-state index in [-0.39, 0.29) is 24.2 Å². The molecule has 3 rings (SSSR count). The molecular weight excluding hydrogens is 320 g/mol. The predicted molar refractivity (Wildman–Crippen MR) is 98.1 cm³/mol. The number of carbonyl (C=O) groups is 2. The highest BCUT2D eigenvalue weighted by Gasteiger charge is 2.41. The van der Waals surface area contributed by atoms with Crippen molar-refractivity contribution in [2.75, 3.05) is 10.6 Å². The van der Waals surface area contributed by atoms with Crippen molar-refractivity contribution in [2.24, 2.45) is 0 Å². The highest BCUT2D eigenvalue weighted by molar-refractivity contribution is 8.00. The van der Waals surface area contributed by atoms with Gasteiger partial charge in [0.15, 0.2) is 0 Å². The largest absolute Gasteiger partial charge is 0.398 e. The highest BCUT2D eigenvalue weighted by atomic mass is 32.2. The Morgan fingerprint density at radius 1 is 1.08 bits per heavy atom. The number of rotatable bonds is 4. The monoisotopic (exact) mass is 340 g/mol. The van der Waals surface area contributed by atoms with E-state index >= 15 is 0 Å². The highest BCUT2D eigenvalue weighted by Crippen LogP contribution is 2.38. The molecule has 2 aromatic rings. The maximum atomic E-state index is 12.9. The standard InChI is InChI=1S/C19H20N2O2S/c1-12(2)13-7-3-5-9-15(13)21-18(22)11-17(19(21)23)24-16-10-6-4-8-14(16)20/h3-10,12,17H,11,20H2,1-2H3/t17-/m1/s1. The lowest BCUT2D eigenvalue weighted by atomic mass is 10.0. The second kappa shape index (κ2) is 6.69. The Morgan fingerprint density at radius 2 is 1.75 bits per heavy atom. The summed E-state index contributed by atoms with van der Waals surface area (Å²) in [5.41, 5.74) is 8.29. The Morgan fingerprint density at radius 3 is 2.46 bits per heavy atom. The number of nitrogen functional groups attached to an aromatic ring is 1. The first-order valence-electron chi connectivity index (χ1n) is 7.96. The minimum absolute atomic E-state index is 0.153. The number of benzene rings is 2. The van der Waals surface area contributed by atoms with E-state index in [0.29, 0.717) is 11.4 Å². The molecule has 2 N–H and O–H groups in total. The number of carbonyl (C=O) groups excluding carboxylic acids is 2. The molecule has 124 valence electrons. The van der Waals surface area contributed by atoms with Crippen molar-refractivity contribution >= 4 is 35.0 Å². The molecule has 1 aliphatic heterocycles. The van der Waals surface area contributed by atoms with E-state index in [1.165, 1.54) is 16.7 Å². The zero-order valence-corrected chi connectivity index (χ0v) is 14.5. The van der Waals surface area contributed by atoms with Crippen LogP contribution in [-0.2, 0) is 9.59 Å². The van der Waals surface area contributed by atoms with Crippen LogP contribution in [-0.4, -0.2) is 17.1 Å². The van der Waals surface area contributed by atoms with Gasteiger partial charge in [0.2, 0.25) is 11.8 Å². The van der Waals surface area contributed by atoms with Gasteiger partial charge in [0.25, 0.3) is 0 Å². The van der Waals surface area contributed by atoms with Crippen LogP contribution in [0.3, 0.4) is 0 Å². The quantitative estimate of drug-likeness (QED) is 0.679. The molecule has 2 aromatic carbocycles. The van der Waals surface area contributed by atoms with E-state index in [9.17, 15) is 9.59 Å². The number of nitrogens with zero attached hydrogens (tertiary/aromatic N) is 1. The number of imide groups is 1. The second-order valence-corrected chi connectivity index (χ2v) is 7.37. The molecule has 1 heterocycles. The lowest BCUT2D eigenvalue weighted by Crippen LogP contribution is -2.32. The summed E-state index contributed by atoms with van der Waals surface area (Å²) in [6.07, 6.45) is 0.199. The average Bonchev–Trinajstić information content (AvgIpc) is 2.83. The number of hydrogen-bond acceptors (Lipinski definition) is 4. The maximum absolute atomic E-state index is 12.9. The molecule has 0 aromatic heterocycles. The van der Waals surface area contributed by atoms with Gasteiger partial charge in [-0.3, -0.25) is 9.59 Å². The molecule has 0 saturated carbocycles. The van der Waals surface area contributed by atoms with Crippen LogP contribution >= 0.6 is 11.8 Å². The molecule has 0 unspecified atom stereocenters. The topological polar surface area (TPSA) is 63.4 Å². The van der Waals surface area contributed by atoms with Gasteiger partial charge in [-0.1, -0.05) is 44.2 Å². The molecule has 4 nitrogen and oxygen atoms in total. The Hall–Kier alpha value is -2.27. The maximum Gasteiger partial charge on any atom is 0.247 e. The molecule has 1 atom stereocenters. The minimum atomic E-state index is -0.428. The zero-order chi connectivity index (χ0) is 17.3. The van der Waals surface area contributed by atoms with Crippen molar-refractivity contribution in [1.29, 1.82) is 0 Å². The van der Waals surface area contributed by atoms with Gasteiger partial charge in [-0.15, -0.1) is 11.8 Å². The minimum Gasteiger partial charge on any atom is -0.398 e. The third kappa shape index (κ3) is 3.04. The Kier molecular flexibility index (Phi) is 4.62. The first kappa shape index (κ1) is 16.6. The van der Waals surface area contributed by atoms with Crippen LogP contribution in [0.15, 0.2) is 53.4 Å². The van der Waals surface area contributed by atoms with Crippen molar-refractivity contribution in [3.63, 3.8) is 0 Å². The molecule has 0 bridgehead atoms. The number of thioether (sulfide) groups is 1. The van der Waals surface area contributed by atoms with Crippen LogP contribution in [0.5, 0.6) is 0 Å². The van der Waals surface area contributed by atoms with E-state index < -0.39 is 5.25 Å². The van der Waals surface area contributed by atoms with Gasteiger partial charge in [-0.05, 0) is 29.7 Å². The van der Waals surface area contributed by atoms with E-state index in [1.807, 2.05) is 42.5 Å². The summed E-state index contributed by atoms with van der Waals surface area (Å²) in [6.45, 7) is 4.11. The lowest BCUT2D eigenvalue weighted by Gasteiger charge is -2.20. The van der Waals surface area contributed by atoms with Crippen LogP contribution in [0, 0.1) is 0 Å². The summed E-state index contributed by atoms with van der Waals surface area (Å²) in [5.74, 6) is -0.0836. The average molecular weight is 340 g/mol. The van der Waals surface area contributed by atoms with Gasteiger partial charge in [0.05, 0.1) is 10.9 Å². The van der Waals surface area contributed by atoms with Crippen molar-refractivity contribution in [2.45, 2.75) is 36.3 Å². The van der Waals surface area contributed by atoms with Crippen molar-refractivity contribution in [3.8, 4) is 0 Å². The summed E-state index contributed by atoms with van der Waals surface area (Å²) in [5, 5.41) is -0.428. The molecule has 0 spiro atoms. The third-order valence-electron chi connectivity index (χ3n) is 4.09. The molecule has 1 saturated heterocycles. The summed E-state index contributed by atoms with van der Waals surface area (Å²) >= 11 is 1.37. The Labute approximate surface area is 146 Å². The molecule has 24 heavy (non-hydrogen) atoms. The normalized spacial score (nSPS) is 17.8. The van der Waals surface area contributed by atoms with Crippen LogP contribution in [0.1, 0.15) is 31.7 Å². The van der Waals surface area contributed by atoms with Crippen molar-refractivity contribution in [1.82, 2.24) is 0 Å². The lowest BCUT2D eigenvalue weighted by molar-refractivity contribution is -0.121. The zero-order valence-electron chi connectivity index (χ0n) is 13.7. The number of nitrogens with two attached hydrogens (primary N) is 1. The fourth-order valence-electron chi connectivity index (χ4n) is 2.87. The summed E-state index contributed by atoms with van der Waals surface area (Å²) < 4.78 is 0. The molecule has 1 fully saturated rings. The van der Waals surface area contributed by atoms with E-state index in [0.717, 1.165) is 10.5 Å². The number of anilines is 2. The van der Waals surface area contributed by atoms with E-state index in [4.69, 9.17) is 5.73 Å².